The summed E-state index contributed by atoms with van der Waals surface area (Å²) in [5, 5.41) is 9.39. The van der Waals surface area contributed by atoms with E-state index in [1.807, 2.05) is 0 Å². The molecule has 0 aliphatic carbocycles. The lowest BCUT2D eigenvalue weighted by Crippen LogP contribution is -2.11. The molecule has 0 unspecified atom stereocenters. The van der Waals surface area contributed by atoms with Gasteiger partial charge in [-0.25, -0.2) is 0 Å². The van der Waals surface area contributed by atoms with Crippen LogP contribution in [0.2, 0.25) is 0 Å². The molecule has 0 N–H and O–H groups in total. The Morgan fingerprint density at radius 3 is 2.60 bits per heavy atom. The number of carbonyl (C=O) groups is 1. The third-order valence-electron chi connectivity index (χ3n) is 2.43. The van der Waals surface area contributed by atoms with Gasteiger partial charge in [0.1, 0.15) is 11.8 Å². The highest BCUT2D eigenvalue weighted by atomic mass is 79.9. The van der Waals surface area contributed by atoms with Gasteiger partial charge in [0.15, 0.2) is 0 Å². The highest BCUT2D eigenvalue weighted by molar-refractivity contribution is 9.08. The summed E-state index contributed by atoms with van der Waals surface area (Å²) in [4.78, 5) is 11.4. The summed E-state index contributed by atoms with van der Waals surface area (Å²) < 4.78 is 34.0. The first-order valence-electron chi connectivity index (χ1n) is 5.74. The van der Waals surface area contributed by atoms with Gasteiger partial charge in [-0.2, -0.15) is 14.0 Å². The van der Waals surface area contributed by atoms with E-state index in [4.69, 9.17) is 10.00 Å². The van der Waals surface area contributed by atoms with Crippen molar-refractivity contribution in [1.82, 2.24) is 0 Å². The highest BCUT2D eigenvalue weighted by Gasteiger charge is 2.19. The lowest BCUT2D eigenvalue weighted by atomic mass is 10.0. The number of nitriles is 1. The van der Waals surface area contributed by atoms with Gasteiger partial charge in [0.25, 0.3) is 0 Å². The topological polar surface area (TPSA) is 59.3 Å². The van der Waals surface area contributed by atoms with E-state index in [-0.39, 0.29) is 29.7 Å². The standard InChI is InChI=1S/C13H12BrF2NO3/c1-2-19-11(18)5-8-3-4-9(6-14)12(10(8)7-17)20-13(15)16/h3-4,13H,2,5-6H2,1H3. The van der Waals surface area contributed by atoms with Crippen molar-refractivity contribution in [2.24, 2.45) is 0 Å². The molecular formula is C13H12BrF2NO3. The van der Waals surface area contributed by atoms with Gasteiger partial charge in [0, 0.05) is 10.9 Å². The molecule has 0 fully saturated rings. The van der Waals surface area contributed by atoms with E-state index in [9.17, 15) is 13.6 Å². The molecule has 0 bridgehead atoms. The number of carbonyl (C=O) groups excluding carboxylic acids is 1. The van der Waals surface area contributed by atoms with Gasteiger partial charge in [-0.05, 0) is 12.5 Å². The second kappa shape index (κ2) is 7.80. The van der Waals surface area contributed by atoms with Crippen molar-refractivity contribution in [2.45, 2.75) is 25.3 Å². The number of ether oxygens (including phenoxy) is 2. The number of esters is 1. The van der Waals surface area contributed by atoms with Crippen LogP contribution in [0.15, 0.2) is 12.1 Å². The number of halogens is 3. The van der Waals surface area contributed by atoms with E-state index in [0.717, 1.165) is 0 Å². The van der Waals surface area contributed by atoms with Gasteiger partial charge in [-0.3, -0.25) is 4.79 Å². The lowest BCUT2D eigenvalue weighted by Gasteiger charge is -2.13. The zero-order valence-corrected chi connectivity index (χ0v) is 12.2. The quantitative estimate of drug-likeness (QED) is 0.585. The van der Waals surface area contributed by atoms with Crippen molar-refractivity contribution >= 4 is 21.9 Å². The fourth-order valence-electron chi connectivity index (χ4n) is 1.63. The summed E-state index contributed by atoms with van der Waals surface area (Å²) in [6.07, 6.45) is -0.168. The molecule has 1 rings (SSSR count). The average Bonchev–Trinajstić information content (AvgIpc) is 2.39. The van der Waals surface area contributed by atoms with Crippen LogP contribution in [0.5, 0.6) is 5.75 Å². The van der Waals surface area contributed by atoms with E-state index < -0.39 is 12.6 Å². The van der Waals surface area contributed by atoms with Crippen LogP contribution in [-0.2, 0) is 21.3 Å². The van der Waals surface area contributed by atoms with Crippen LogP contribution in [0.4, 0.5) is 8.78 Å². The summed E-state index contributed by atoms with van der Waals surface area (Å²) in [6.45, 7) is -1.18. The Morgan fingerprint density at radius 1 is 1.45 bits per heavy atom. The van der Waals surface area contributed by atoms with Crippen LogP contribution in [0.25, 0.3) is 0 Å². The zero-order valence-electron chi connectivity index (χ0n) is 10.7. The maximum atomic E-state index is 12.4. The Labute approximate surface area is 123 Å². The minimum Gasteiger partial charge on any atom is -0.466 e. The molecule has 108 valence electrons. The SMILES string of the molecule is CCOC(=O)Cc1ccc(CBr)c(OC(F)F)c1C#N. The average molecular weight is 348 g/mol. The van der Waals surface area contributed by atoms with Crippen molar-refractivity contribution in [2.75, 3.05) is 6.61 Å². The van der Waals surface area contributed by atoms with Crippen LogP contribution < -0.4 is 4.74 Å². The third kappa shape index (κ3) is 4.17. The van der Waals surface area contributed by atoms with Gasteiger partial charge < -0.3 is 9.47 Å². The minimum absolute atomic E-state index is 0.0738. The highest BCUT2D eigenvalue weighted by Crippen LogP contribution is 2.30. The molecule has 0 saturated heterocycles. The predicted octanol–water partition coefficient (Wildman–Crippen LogP) is 3.16. The van der Waals surface area contributed by atoms with Crippen molar-refractivity contribution in [3.8, 4) is 11.8 Å². The maximum Gasteiger partial charge on any atom is 0.387 e. The first-order chi connectivity index (χ1) is 9.53. The van der Waals surface area contributed by atoms with Gasteiger partial charge in [-0.15, -0.1) is 0 Å². The summed E-state index contributed by atoms with van der Waals surface area (Å²) >= 11 is 3.14. The number of hydrogen-bond donors (Lipinski definition) is 0. The molecule has 0 heterocycles. The van der Waals surface area contributed by atoms with Crippen molar-refractivity contribution in [3.63, 3.8) is 0 Å². The summed E-state index contributed by atoms with van der Waals surface area (Å²) in [5.74, 6) is -0.736. The molecular weight excluding hydrogens is 336 g/mol. The second-order valence-corrected chi connectivity index (χ2v) is 4.25. The lowest BCUT2D eigenvalue weighted by molar-refractivity contribution is -0.142. The molecule has 1 aromatic carbocycles. The Morgan fingerprint density at radius 2 is 2.10 bits per heavy atom. The first kappa shape index (κ1) is 16.4. The molecule has 0 aliphatic heterocycles. The van der Waals surface area contributed by atoms with Crippen molar-refractivity contribution in [1.29, 1.82) is 5.26 Å². The molecule has 4 nitrogen and oxygen atoms in total. The van der Waals surface area contributed by atoms with E-state index in [0.29, 0.717) is 11.1 Å². The number of benzene rings is 1. The third-order valence-corrected chi connectivity index (χ3v) is 3.03. The molecule has 0 radical (unpaired) electrons. The molecule has 0 aromatic heterocycles. The first-order valence-corrected chi connectivity index (χ1v) is 6.86. The van der Waals surface area contributed by atoms with Crippen LogP contribution in [0.3, 0.4) is 0 Å². The van der Waals surface area contributed by atoms with E-state index in [2.05, 4.69) is 20.7 Å². The number of nitrogens with zero attached hydrogens (tertiary/aromatic N) is 1. The molecule has 0 amide bonds. The number of alkyl halides is 3. The van der Waals surface area contributed by atoms with E-state index in [1.54, 1.807) is 13.0 Å². The Hall–Kier alpha value is -1.68. The molecule has 20 heavy (non-hydrogen) atoms. The fraction of sp³-hybridized carbons (Fsp3) is 0.385. The van der Waals surface area contributed by atoms with Gasteiger partial charge in [0.2, 0.25) is 0 Å². The Bertz CT molecular complexity index is 529. The maximum absolute atomic E-state index is 12.4. The van der Waals surface area contributed by atoms with Crippen molar-refractivity contribution in [3.05, 3.63) is 28.8 Å². The van der Waals surface area contributed by atoms with Gasteiger partial charge in [0.05, 0.1) is 18.6 Å². The second-order valence-electron chi connectivity index (χ2n) is 3.69. The number of hydrogen-bond acceptors (Lipinski definition) is 4. The van der Waals surface area contributed by atoms with Gasteiger partial charge in [-0.1, -0.05) is 28.1 Å². The molecule has 1 aromatic rings. The minimum atomic E-state index is -3.04. The molecule has 0 spiro atoms. The van der Waals surface area contributed by atoms with Crippen molar-refractivity contribution < 1.29 is 23.0 Å². The largest absolute Gasteiger partial charge is 0.466 e. The predicted molar refractivity (Wildman–Crippen MR) is 70.8 cm³/mol. The fourth-order valence-corrected chi connectivity index (χ4v) is 2.07. The monoisotopic (exact) mass is 347 g/mol. The summed E-state index contributed by atoms with van der Waals surface area (Å²) in [5.41, 5.74) is 0.635. The van der Waals surface area contributed by atoms with Crippen LogP contribution in [-0.4, -0.2) is 19.2 Å². The molecule has 0 saturated carbocycles. The van der Waals surface area contributed by atoms with Crippen LogP contribution in [0, 0.1) is 11.3 Å². The molecule has 0 aliphatic rings. The number of rotatable bonds is 6. The smallest absolute Gasteiger partial charge is 0.387 e. The molecule has 7 heteroatoms. The summed E-state index contributed by atoms with van der Waals surface area (Å²) in [6, 6.07) is 4.87. The summed E-state index contributed by atoms with van der Waals surface area (Å²) in [7, 11) is 0. The zero-order chi connectivity index (χ0) is 15.1. The Balaban J connectivity index is 3.20. The van der Waals surface area contributed by atoms with E-state index in [1.165, 1.54) is 12.1 Å². The van der Waals surface area contributed by atoms with Crippen LogP contribution >= 0.6 is 15.9 Å². The normalized spacial score (nSPS) is 10.2. The Kier molecular flexibility index (Phi) is 6.39. The molecule has 0 atom stereocenters. The van der Waals surface area contributed by atoms with Crippen LogP contribution in [0.1, 0.15) is 23.6 Å². The van der Waals surface area contributed by atoms with E-state index >= 15 is 0 Å². The van der Waals surface area contributed by atoms with Gasteiger partial charge >= 0.3 is 12.6 Å².